The maximum atomic E-state index is 13.2. The van der Waals surface area contributed by atoms with Gasteiger partial charge in [-0.05, 0) is 218 Å². The number of aliphatic hydroxyl groups is 1. The van der Waals surface area contributed by atoms with E-state index in [0.29, 0.717) is 58.6 Å². The standard InChI is InChI=1S/C78H90N6O7/c85-65-23-17-48(37-68(65)88)16-21-57-58-11-4-12-66(86)70(58)72(90)71(89)59(57)22-15-47-13-18-52(19-14-47)62-40-75(61-39-55-10-6-29-77(55)31-30-76-28-5-9-54(76)20-24-67(87)73(76)78(77,74(61)84-62)69-45-80-46-82-69)41-63-53(38-60(64(42-75)83-63)51-7-2-1-3-8-51)44-79-32-25-50-36-56(81-43-50)35-49-26-33-91-34-27-49/h1-4,7-8,11-14,16-21,23-24,36-38,43,45-46,49,54-55,60-64,67,73-74,79,81,83-90H,5-6,9-10,15,22,25-35,39-42,44H2,(H,80,82)/b21-16+/t54-,55+,60-,61+,62+,63+,64-,67+,73-,74+,75+,76+,77+,78-/m1/s1. The van der Waals surface area contributed by atoms with Gasteiger partial charge >= 0.3 is 0 Å². The number of hydrogen-bond acceptors (Lipinski definition) is 11. The summed E-state index contributed by atoms with van der Waals surface area (Å²) in [7, 11) is 0. The fraction of sp³-hybridized carbons (Fsp3) is 0.474. The van der Waals surface area contributed by atoms with Crippen LogP contribution in [0.15, 0.2) is 140 Å². The second kappa shape index (κ2) is 23.5. The minimum atomic E-state index is -0.570. The van der Waals surface area contributed by atoms with Crippen LogP contribution >= 0.6 is 0 Å². The highest BCUT2D eigenvalue weighted by atomic mass is 16.5. The number of aromatic amines is 2. The monoisotopic (exact) mass is 1220 g/mol. The number of nitrogens with zero attached hydrogens (tertiary/aromatic N) is 1. The summed E-state index contributed by atoms with van der Waals surface area (Å²) < 4.78 is 5.67. The molecule has 7 fully saturated rings. The van der Waals surface area contributed by atoms with Gasteiger partial charge in [-0.3, -0.25) is 0 Å². The maximum absolute atomic E-state index is 13.2. The van der Waals surface area contributed by atoms with E-state index in [2.05, 4.69) is 112 Å². The van der Waals surface area contributed by atoms with Crippen molar-refractivity contribution in [2.24, 2.45) is 45.8 Å². The molecule has 474 valence electrons. The molecule has 7 aromatic rings. The first-order valence-corrected chi connectivity index (χ1v) is 34.5. The summed E-state index contributed by atoms with van der Waals surface area (Å²) in [5, 5.41) is 81.9. The minimum absolute atomic E-state index is 0.00117. The van der Waals surface area contributed by atoms with Crippen molar-refractivity contribution in [2.75, 3.05) is 26.3 Å². The van der Waals surface area contributed by atoms with Crippen molar-refractivity contribution in [3.8, 4) is 28.7 Å². The van der Waals surface area contributed by atoms with Crippen LogP contribution in [0.25, 0.3) is 22.9 Å². The van der Waals surface area contributed by atoms with E-state index < -0.39 is 11.5 Å². The van der Waals surface area contributed by atoms with E-state index in [1.54, 1.807) is 18.2 Å². The van der Waals surface area contributed by atoms with Crippen molar-refractivity contribution in [1.82, 2.24) is 30.9 Å². The van der Waals surface area contributed by atoms with Crippen LogP contribution in [0.1, 0.15) is 152 Å². The number of imidazole rings is 1. The van der Waals surface area contributed by atoms with E-state index in [0.717, 1.165) is 83.2 Å². The first kappa shape index (κ1) is 58.9. The predicted molar refractivity (Wildman–Crippen MR) is 356 cm³/mol. The SMILES string of the molecule is Oc1ccc(/C=C/c2c(CCc3ccc([C@@H]4C[C@@]5(C[C@@H]6N[C@H](C5)[C@@H](c5ccccc5)C=C6CNCCc5c[nH]c(CC6CCOCC6)c5)[C@H]5C[C@@H]6CCC[C@]67CC[C@@]68CCC[C@@H]6C=C[C@H](O)[C@H]8[C@]7(c6cnc[nH]6)[C@H]5N4)cc3)c(O)c(O)c3c(O)cccc23)cc1O. The molecule has 0 radical (unpaired) electrons. The van der Waals surface area contributed by atoms with Gasteiger partial charge in [0.2, 0.25) is 0 Å². The molecule has 2 aromatic heterocycles. The Hall–Kier alpha value is -7.13. The van der Waals surface area contributed by atoms with Crippen LogP contribution in [0.2, 0.25) is 0 Å². The lowest BCUT2D eigenvalue weighted by molar-refractivity contribution is -0.217. The van der Waals surface area contributed by atoms with Crippen LogP contribution in [-0.2, 0) is 35.8 Å². The quantitative estimate of drug-likeness (QED) is 0.0201. The van der Waals surface area contributed by atoms with Crippen molar-refractivity contribution in [3.05, 3.63) is 190 Å². The summed E-state index contributed by atoms with van der Waals surface area (Å²) >= 11 is 0. The van der Waals surface area contributed by atoms with Gasteiger partial charge in [0.1, 0.15) is 5.75 Å². The molecular formula is C78H90N6O7. The molecule has 0 unspecified atom stereocenters. The van der Waals surface area contributed by atoms with Crippen molar-refractivity contribution in [1.29, 1.82) is 0 Å². The lowest BCUT2D eigenvalue weighted by Gasteiger charge is -2.75. The van der Waals surface area contributed by atoms with Crippen LogP contribution in [0.5, 0.6) is 28.7 Å². The summed E-state index contributed by atoms with van der Waals surface area (Å²) in [6, 6.07) is 33.1. The molecule has 3 saturated heterocycles. The van der Waals surface area contributed by atoms with Gasteiger partial charge in [0, 0.05) is 90.5 Å². The molecule has 13 heteroatoms. The molecule has 3 spiro atoms. The van der Waals surface area contributed by atoms with E-state index >= 15 is 0 Å². The van der Waals surface area contributed by atoms with Gasteiger partial charge in [0.25, 0.3) is 0 Å². The molecule has 91 heavy (non-hydrogen) atoms. The fourth-order valence-electron chi connectivity index (χ4n) is 21.7. The van der Waals surface area contributed by atoms with Gasteiger partial charge in [0.05, 0.1) is 17.8 Å². The van der Waals surface area contributed by atoms with Gasteiger partial charge in [-0.15, -0.1) is 0 Å². The lowest BCUT2D eigenvalue weighted by atomic mass is 9.31. The molecule has 13 nitrogen and oxygen atoms in total. The molecule has 5 aromatic carbocycles. The number of hydrogen-bond donors (Lipinski definition) is 11. The van der Waals surface area contributed by atoms with Crippen LogP contribution in [0.4, 0.5) is 0 Å². The number of H-pyrrole nitrogens is 2. The van der Waals surface area contributed by atoms with Gasteiger partial charge in [-0.2, -0.15) is 0 Å². The average Bonchev–Trinajstić information content (AvgIpc) is 1.65. The van der Waals surface area contributed by atoms with Crippen LogP contribution in [0.3, 0.4) is 0 Å². The number of aromatic nitrogens is 3. The molecule has 0 amide bonds. The van der Waals surface area contributed by atoms with Crippen LogP contribution in [0, 0.1) is 45.8 Å². The molecule has 6 heterocycles. The highest BCUT2D eigenvalue weighted by Gasteiger charge is 2.78. The maximum Gasteiger partial charge on any atom is 0.169 e. The third-order valence-electron chi connectivity index (χ3n) is 25.4. The number of fused-ring (bicyclic) bond motifs is 7. The van der Waals surface area contributed by atoms with E-state index in [1.165, 1.54) is 103 Å². The first-order valence-electron chi connectivity index (χ1n) is 34.5. The summed E-state index contributed by atoms with van der Waals surface area (Å²) in [6.07, 6.45) is 35.9. The second-order valence-corrected chi connectivity index (χ2v) is 29.5. The number of nitrogens with one attached hydrogen (secondary N) is 5. The number of phenols is 5. The smallest absolute Gasteiger partial charge is 0.169 e. The number of allylic oxidation sites excluding steroid dienone is 1. The molecule has 11 N–H and O–H groups in total. The third kappa shape index (κ3) is 9.82. The molecule has 4 saturated carbocycles. The number of aliphatic hydroxyl groups excluding tert-OH is 1. The Morgan fingerprint density at radius 2 is 1.55 bits per heavy atom. The number of piperidine rings is 2. The van der Waals surface area contributed by atoms with Crippen molar-refractivity contribution < 1.29 is 35.4 Å². The average molecular weight is 1220 g/mol. The number of benzene rings is 5. The van der Waals surface area contributed by atoms with E-state index in [-0.39, 0.29) is 86.4 Å². The zero-order valence-electron chi connectivity index (χ0n) is 52.3. The number of ether oxygens (including phenoxy) is 1. The normalized spacial score (nSPS) is 33.4. The topological polar surface area (TPSA) is 211 Å². The largest absolute Gasteiger partial charge is 0.507 e. The van der Waals surface area contributed by atoms with Crippen molar-refractivity contribution in [3.63, 3.8) is 0 Å². The number of aryl methyl sites for hydroxylation is 1. The summed E-state index contributed by atoms with van der Waals surface area (Å²) in [6.45, 7) is 3.47. The zero-order chi connectivity index (χ0) is 61.6. The lowest BCUT2D eigenvalue weighted by Crippen LogP contribution is -2.78. The Morgan fingerprint density at radius 1 is 0.703 bits per heavy atom. The van der Waals surface area contributed by atoms with Crippen LogP contribution < -0.4 is 16.0 Å². The molecule has 4 aliphatic heterocycles. The molecule has 5 aliphatic carbocycles. The van der Waals surface area contributed by atoms with Gasteiger partial charge in [-0.25, -0.2) is 4.98 Å². The molecule has 16 rings (SSSR count). The molecular weight excluding hydrogens is 1130 g/mol. The molecule has 14 atom stereocenters. The van der Waals surface area contributed by atoms with Gasteiger partial charge in [-0.1, -0.05) is 116 Å². The molecule has 2 bridgehead atoms. The van der Waals surface area contributed by atoms with Gasteiger partial charge in [0.15, 0.2) is 23.0 Å². The highest BCUT2D eigenvalue weighted by molar-refractivity contribution is 6.03. The third-order valence-corrected chi connectivity index (χ3v) is 25.4. The van der Waals surface area contributed by atoms with Gasteiger partial charge < -0.3 is 61.3 Å². The second-order valence-electron chi connectivity index (χ2n) is 29.5. The predicted octanol–water partition coefficient (Wildman–Crippen LogP) is 13.3. The number of rotatable bonds is 15. The first-order chi connectivity index (χ1) is 44.4. The summed E-state index contributed by atoms with van der Waals surface area (Å²) in [5.74, 6) is 1.01. The molecule has 9 aliphatic rings. The van der Waals surface area contributed by atoms with Crippen LogP contribution in [-0.4, -0.2) is 96.1 Å². The van der Waals surface area contributed by atoms with E-state index in [4.69, 9.17) is 15.0 Å². The number of phenolic OH excluding ortho intramolecular Hbond substituents is 5. The fourth-order valence-corrected chi connectivity index (χ4v) is 21.7. The highest BCUT2D eigenvalue weighted by Crippen LogP contribution is 2.79. The Balaban J connectivity index is 0.764. The Labute approximate surface area is 534 Å². The van der Waals surface area contributed by atoms with E-state index in [9.17, 15) is 30.6 Å². The summed E-state index contributed by atoms with van der Waals surface area (Å²) in [4.78, 5) is 12.5. The Kier molecular flexibility index (Phi) is 15.2. The Morgan fingerprint density at radius 3 is 2.38 bits per heavy atom. The Bertz CT molecular complexity index is 3910. The van der Waals surface area contributed by atoms with Crippen molar-refractivity contribution in [2.45, 2.75) is 157 Å². The minimum Gasteiger partial charge on any atom is -0.507 e. The van der Waals surface area contributed by atoms with E-state index in [1.807, 2.05) is 18.5 Å². The zero-order valence-corrected chi connectivity index (χ0v) is 52.3. The number of aromatic hydroxyl groups is 5. The van der Waals surface area contributed by atoms with Crippen molar-refractivity contribution >= 4 is 22.9 Å². The summed E-state index contributed by atoms with van der Waals surface area (Å²) in [5.41, 5.74) is 10.5.